The molecule has 1 aliphatic rings. The van der Waals surface area contributed by atoms with Crippen LogP contribution in [0.15, 0.2) is 18.2 Å². The molecule has 1 heterocycles. The fourth-order valence-electron chi connectivity index (χ4n) is 2.86. The highest BCUT2D eigenvalue weighted by Gasteiger charge is 2.26. The normalized spacial score (nSPS) is 19.1. The molecule has 0 bridgehead atoms. The van der Waals surface area contributed by atoms with Crippen LogP contribution in [0.5, 0.6) is 0 Å². The predicted molar refractivity (Wildman–Crippen MR) is 81.6 cm³/mol. The smallest absolute Gasteiger partial charge is 0.315 e. The van der Waals surface area contributed by atoms with Gasteiger partial charge in [0.1, 0.15) is 11.4 Å². The third-order valence-corrected chi connectivity index (χ3v) is 4.03. The summed E-state index contributed by atoms with van der Waals surface area (Å²) >= 11 is 0. The van der Waals surface area contributed by atoms with Gasteiger partial charge in [-0.3, -0.25) is 10.1 Å². The van der Waals surface area contributed by atoms with Gasteiger partial charge >= 0.3 is 5.69 Å². The first-order valence-corrected chi connectivity index (χ1v) is 6.91. The minimum Gasteiger partial charge on any atom is -0.382 e. The molecule has 0 spiro atoms. The van der Waals surface area contributed by atoms with E-state index in [-0.39, 0.29) is 10.6 Å². The number of nitro benzene ring substituents is 1. The number of rotatable bonds is 5. The SMILES string of the molecule is CNc1cccc(N(C)CC2CCCN2C)c1[N+](=O)[O-]. The molecule has 0 amide bonds. The number of likely N-dealkylation sites (N-methyl/N-ethyl adjacent to an activating group) is 2. The Hall–Kier alpha value is -1.82. The van der Waals surface area contributed by atoms with Crippen molar-refractivity contribution in [2.24, 2.45) is 0 Å². The number of benzene rings is 1. The van der Waals surface area contributed by atoms with Crippen LogP contribution in [0.25, 0.3) is 0 Å². The number of hydrogen-bond acceptors (Lipinski definition) is 5. The Morgan fingerprint density at radius 1 is 1.55 bits per heavy atom. The second-order valence-corrected chi connectivity index (χ2v) is 5.34. The fraction of sp³-hybridized carbons (Fsp3) is 0.571. The number of nitrogens with zero attached hydrogens (tertiary/aromatic N) is 3. The van der Waals surface area contributed by atoms with Crippen molar-refractivity contribution in [3.63, 3.8) is 0 Å². The maximum absolute atomic E-state index is 11.3. The second kappa shape index (κ2) is 6.09. The summed E-state index contributed by atoms with van der Waals surface area (Å²) in [4.78, 5) is 15.3. The van der Waals surface area contributed by atoms with Crippen molar-refractivity contribution in [3.8, 4) is 0 Å². The molecule has 1 aromatic rings. The van der Waals surface area contributed by atoms with Crippen molar-refractivity contribution < 1.29 is 4.92 Å². The largest absolute Gasteiger partial charge is 0.382 e. The third kappa shape index (κ3) is 2.85. The Labute approximate surface area is 119 Å². The van der Waals surface area contributed by atoms with Gasteiger partial charge in [0, 0.05) is 26.7 Å². The van der Waals surface area contributed by atoms with Gasteiger partial charge in [-0.2, -0.15) is 0 Å². The maximum atomic E-state index is 11.3. The number of hydrogen-bond donors (Lipinski definition) is 1. The highest BCUT2D eigenvalue weighted by Crippen LogP contribution is 2.35. The molecular weight excluding hydrogens is 256 g/mol. The van der Waals surface area contributed by atoms with E-state index >= 15 is 0 Å². The highest BCUT2D eigenvalue weighted by atomic mass is 16.6. The molecule has 1 aliphatic heterocycles. The summed E-state index contributed by atoms with van der Waals surface area (Å²) in [5, 5.41) is 14.2. The first kappa shape index (κ1) is 14.6. The van der Waals surface area contributed by atoms with E-state index in [1.807, 2.05) is 24.1 Å². The maximum Gasteiger partial charge on any atom is 0.315 e. The number of likely N-dealkylation sites (tertiary alicyclic amines) is 1. The van der Waals surface area contributed by atoms with Crippen molar-refractivity contribution in [2.45, 2.75) is 18.9 Å². The quantitative estimate of drug-likeness (QED) is 0.660. The van der Waals surface area contributed by atoms with E-state index in [0.717, 1.165) is 19.5 Å². The van der Waals surface area contributed by atoms with Gasteiger partial charge in [0.15, 0.2) is 0 Å². The lowest BCUT2D eigenvalue weighted by molar-refractivity contribution is -0.383. The van der Waals surface area contributed by atoms with E-state index < -0.39 is 0 Å². The minimum absolute atomic E-state index is 0.151. The van der Waals surface area contributed by atoms with Gasteiger partial charge in [-0.15, -0.1) is 0 Å². The molecular formula is C14H22N4O2. The monoisotopic (exact) mass is 278 g/mol. The summed E-state index contributed by atoms with van der Waals surface area (Å²) < 4.78 is 0. The second-order valence-electron chi connectivity index (χ2n) is 5.34. The minimum atomic E-state index is -0.309. The molecule has 6 nitrogen and oxygen atoms in total. The van der Waals surface area contributed by atoms with E-state index in [2.05, 4.69) is 17.3 Å². The molecule has 0 aromatic heterocycles. The first-order chi connectivity index (χ1) is 9.54. The Balaban J connectivity index is 2.24. The van der Waals surface area contributed by atoms with E-state index in [9.17, 15) is 10.1 Å². The van der Waals surface area contributed by atoms with Gasteiger partial charge in [0.25, 0.3) is 0 Å². The average molecular weight is 278 g/mol. The molecule has 1 atom stereocenters. The van der Waals surface area contributed by atoms with Crippen LogP contribution in [-0.2, 0) is 0 Å². The lowest BCUT2D eigenvalue weighted by Crippen LogP contribution is -2.36. The molecule has 2 rings (SSSR count). The number of anilines is 2. The summed E-state index contributed by atoms with van der Waals surface area (Å²) in [5.41, 5.74) is 1.37. The van der Waals surface area contributed by atoms with Gasteiger partial charge in [-0.1, -0.05) is 6.07 Å². The summed E-state index contributed by atoms with van der Waals surface area (Å²) in [7, 11) is 5.74. The van der Waals surface area contributed by atoms with Crippen LogP contribution in [-0.4, -0.2) is 50.1 Å². The molecule has 110 valence electrons. The van der Waals surface area contributed by atoms with Crippen molar-refractivity contribution in [1.29, 1.82) is 0 Å². The zero-order valence-electron chi connectivity index (χ0n) is 12.3. The molecule has 0 saturated carbocycles. The third-order valence-electron chi connectivity index (χ3n) is 4.03. The van der Waals surface area contributed by atoms with Crippen LogP contribution < -0.4 is 10.2 Å². The molecule has 0 radical (unpaired) electrons. The molecule has 1 aromatic carbocycles. The van der Waals surface area contributed by atoms with Crippen LogP contribution in [0.1, 0.15) is 12.8 Å². The average Bonchev–Trinajstić information content (AvgIpc) is 2.83. The molecule has 1 fully saturated rings. The van der Waals surface area contributed by atoms with Crippen molar-refractivity contribution in [2.75, 3.05) is 44.4 Å². The molecule has 1 saturated heterocycles. The molecule has 20 heavy (non-hydrogen) atoms. The summed E-state index contributed by atoms with van der Waals surface area (Å²) in [6, 6.07) is 5.87. The van der Waals surface area contributed by atoms with E-state index in [1.54, 1.807) is 13.1 Å². The fourth-order valence-corrected chi connectivity index (χ4v) is 2.86. The predicted octanol–water partition coefficient (Wildman–Crippen LogP) is 2.17. The Morgan fingerprint density at radius 2 is 2.30 bits per heavy atom. The molecule has 1 unspecified atom stereocenters. The lowest BCUT2D eigenvalue weighted by atomic mass is 10.1. The lowest BCUT2D eigenvalue weighted by Gasteiger charge is -2.27. The summed E-state index contributed by atoms with van der Waals surface area (Å²) in [5.74, 6) is 0. The molecule has 0 aliphatic carbocycles. The van der Waals surface area contributed by atoms with Crippen molar-refractivity contribution in [3.05, 3.63) is 28.3 Å². The zero-order valence-corrected chi connectivity index (χ0v) is 12.3. The van der Waals surface area contributed by atoms with Crippen molar-refractivity contribution in [1.82, 2.24) is 4.90 Å². The van der Waals surface area contributed by atoms with Gasteiger partial charge < -0.3 is 15.1 Å². The number of nitrogens with one attached hydrogen (secondary N) is 1. The standard InChI is InChI=1S/C14H22N4O2/c1-15-12-7-4-8-13(14(12)18(19)20)17(3)10-11-6-5-9-16(11)2/h4,7-8,11,15H,5-6,9-10H2,1-3H3. The molecule has 6 heteroatoms. The van der Waals surface area contributed by atoms with Crippen molar-refractivity contribution >= 4 is 17.1 Å². The molecule has 1 N–H and O–H groups in total. The Kier molecular flexibility index (Phi) is 4.44. The van der Waals surface area contributed by atoms with E-state index in [0.29, 0.717) is 17.4 Å². The van der Waals surface area contributed by atoms with Crippen LogP contribution in [0, 0.1) is 10.1 Å². The number of para-hydroxylation sites is 1. The summed E-state index contributed by atoms with van der Waals surface area (Å²) in [6.07, 6.45) is 2.36. The first-order valence-electron chi connectivity index (χ1n) is 6.91. The summed E-state index contributed by atoms with van der Waals surface area (Å²) in [6.45, 7) is 1.92. The van der Waals surface area contributed by atoms with E-state index in [1.165, 1.54) is 6.42 Å². The van der Waals surface area contributed by atoms with Gasteiger partial charge in [-0.25, -0.2) is 0 Å². The highest BCUT2D eigenvalue weighted by molar-refractivity contribution is 5.76. The van der Waals surface area contributed by atoms with E-state index in [4.69, 9.17) is 0 Å². The van der Waals surface area contributed by atoms with Gasteiger partial charge in [0.2, 0.25) is 0 Å². The van der Waals surface area contributed by atoms with Gasteiger partial charge in [0.05, 0.1) is 4.92 Å². The van der Waals surface area contributed by atoms with Crippen LogP contribution >= 0.6 is 0 Å². The van der Waals surface area contributed by atoms with Crippen LogP contribution in [0.4, 0.5) is 17.1 Å². The topological polar surface area (TPSA) is 61.6 Å². The number of nitro groups is 1. The Morgan fingerprint density at radius 3 is 2.85 bits per heavy atom. The Bertz CT molecular complexity index is 492. The van der Waals surface area contributed by atoms with Crippen LogP contribution in [0.2, 0.25) is 0 Å². The van der Waals surface area contributed by atoms with Crippen LogP contribution in [0.3, 0.4) is 0 Å². The van der Waals surface area contributed by atoms with Gasteiger partial charge in [-0.05, 0) is 38.6 Å². The zero-order chi connectivity index (χ0) is 14.7.